The molecule has 0 radical (unpaired) electrons. The molecule has 2 aromatic rings. The maximum absolute atomic E-state index is 12.9. The van der Waals surface area contributed by atoms with E-state index in [1.165, 1.54) is 0 Å². The summed E-state index contributed by atoms with van der Waals surface area (Å²) < 4.78 is 30.4. The molecule has 0 spiro atoms. The summed E-state index contributed by atoms with van der Waals surface area (Å²) in [6, 6.07) is 8.99. The minimum atomic E-state index is -0.510. The number of hydrogen-bond acceptors (Lipinski definition) is 7. The van der Waals surface area contributed by atoms with Gasteiger partial charge in [0, 0.05) is 28.0 Å². The lowest BCUT2D eigenvalue weighted by atomic mass is 9.86. The maximum atomic E-state index is 12.9. The third kappa shape index (κ3) is 16.8. The SMILES string of the molecule is CC(C)(C)Oc1cc(C(=O)C(C)(C)C)cc(OC(C)(C)C)c1OC(C)(C)C.CC(C)(C)Oc1cc(OC(C)(C)C)cc(C(=O)C(C)(C)C)c1. The topological polar surface area (TPSA) is 80.3 Å². The molecular weight excluding hydrogens is 616 g/mol. The van der Waals surface area contributed by atoms with Crippen molar-refractivity contribution in [2.24, 2.45) is 10.8 Å². The average molecular weight is 685 g/mol. The molecule has 0 aromatic heterocycles. The van der Waals surface area contributed by atoms with Crippen molar-refractivity contribution in [3.8, 4) is 28.7 Å². The average Bonchev–Trinajstić information content (AvgIpc) is 2.79. The van der Waals surface area contributed by atoms with Crippen LogP contribution in [-0.4, -0.2) is 39.6 Å². The van der Waals surface area contributed by atoms with Crippen LogP contribution in [0.2, 0.25) is 0 Å². The fraction of sp³-hybridized carbons (Fsp3) is 0.667. The minimum absolute atomic E-state index is 0.0299. The monoisotopic (exact) mass is 684 g/mol. The Kier molecular flexibility index (Phi) is 13.4. The van der Waals surface area contributed by atoms with Crippen molar-refractivity contribution in [1.82, 2.24) is 0 Å². The summed E-state index contributed by atoms with van der Waals surface area (Å²) in [5.74, 6) is 2.98. The van der Waals surface area contributed by atoms with Crippen molar-refractivity contribution in [3.63, 3.8) is 0 Å². The van der Waals surface area contributed by atoms with Gasteiger partial charge in [0.25, 0.3) is 0 Å². The van der Waals surface area contributed by atoms with Crippen LogP contribution in [0.25, 0.3) is 0 Å². The summed E-state index contributed by atoms with van der Waals surface area (Å²) >= 11 is 0. The van der Waals surface area contributed by atoms with Crippen molar-refractivity contribution in [2.75, 3.05) is 0 Å². The van der Waals surface area contributed by atoms with E-state index in [1.807, 2.05) is 151 Å². The van der Waals surface area contributed by atoms with E-state index >= 15 is 0 Å². The first kappa shape index (κ1) is 43.8. The van der Waals surface area contributed by atoms with Gasteiger partial charge in [0.1, 0.15) is 39.5 Å². The normalized spacial score (nSPS) is 13.2. The van der Waals surface area contributed by atoms with Crippen molar-refractivity contribution in [2.45, 2.75) is 173 Å². The van der Waals surface area contributed by atoms with Crippen LogP contribution in [0.5, 0.6) is 28.7 Å². The standard InChI is InChI=1S/C23H38O4.C19H30O3/c1-20(2,3)19(24)15-13-16(25-21(4,5)6)18(27-23(10,11)12)17(14-15)26-22(7,8)9;1-17(2,3)16(20)13-10-14(21-18(4,5)6)12-15(11-13)22-19(7,8)9/h13-14H,1-12H3;10-12H,1-9H3. The molecule has 7 heteroatoms. The van der Waals surface area contributed by atoms with Crippen molar-refractivity contribution >= 4 is 11.6 Å². The molecular formula is C42H68O7. The van der Waals surface area contributed by atoms with Gasteiger partial charge < -0.3 is 23.7 Å². The third-order valence-electron chi connectivity index (χ3n) is 5.88. The van der Waals surface area contributed by atoms with E-state index in [4.69, 9.17) is 23.7 Å². The molecule has 0 fully saturated rings. The van der Waals surface area contributed by atoms with Crippen molar-refractivity contribution in [1.29, 1.82) is 0 Å². The van der Waals surface area contributed by atoms with Crippen LogP contribution in [0.3, 0.4) is 0 Å². The van der Waals surface area contributed by atoms with Crippen LogP contribution < -0.4 is 23.7 Å². The van der Waals surface area contributed by atoms with Gasteiger partial charge in [0.2, 0.25) is 5.75 Å². The Bertz CT molecular complexity index is 1360. The second-order valence-electron chi connectivity index (χ2n) is 19.7. The van der Waals surface area contributed by atoms with E-state index in [0.717, 1.165) is 0 Å². The summed E-state index contributed by atoms with van der Waals surface area (Å²) in [6.45, 7) is 41.1. The number of rotatable bonds is 7. The first-order valence-corrected chi connectivity index (χ1v) is 17.3. The zero-order valence-corrected chi connectivity index (χ0v) is 34.7. The summed E-state index contributed by atoms with van der Waals surface area (Å²) in [6.07, 6.45) is 0. The molecule has 0 N–H and O–H groups in total. The smallest absolute Gasteiger partial charge is 0.204 e. The molecule has 0 aliphatic heterocycles. The molecule has 2 aromatic carbocycles. The first-order valence-electron chi connectivity index (χ1n) is 17.3. The van der Waals surface area contributed by atoms with E-state index in [2.05, 4.69) is 0 Å². The van der Waals surface area contributed by atoms with Crippen LogP contribution in [0, 0.1) is 10.8 Å². The second kappa shape index (κ2) is 14.9. The number of hydrogen-bond donors (Lipinski definition) is 0. The van der Waals surface area contributed by atoms with E-state index < -0.39 is 27.6 Å². The van der Waals surface area contributed by atoms with Gasteiger partial charge >= 0.3 is 0 Å². The van der Waals surface area contributed by atoms with Crippen molar-refractivity contribution < 1.29 is 33.3 Å². The summed E-state index contributed by atoms with van der Waals surface area (Å²) in [5.41, 5.74) is -1.77. The molecule has 0 saturated carbocycles. The Morgan fingerprint density at radius 3 is 0.878 bits per heavy atom. The number of carbonyl (C=O) groups is 2. The Hall–Kier alpha value is -3.22. The molecule has 0 unspecified atom stereocenters. The summed E-state index contributed by atoms with van der Waals surface area (Å²) in [7, 11) is 0. The molecule has 7 nitrogen and oxygen atoms in total. The number of carbonyl (C=O) groups excluding carboxylic acids is 2. The number of benzene rings is 2. The molecule has 278 valence electrons. The minimum Gasteiger partial charge on any atom is -0.488 e. The lowest BCUT2D eigenvalue weighted by Crippen LogP contribution is -2.29. The van der Waals surface area contributed by atoms with Crippen molar-refractivity contribution in [3.05, 3.63) is 41.5 Å². The fourth-order valence-corrected chi connectivity index (χ4v) is 4.32. The Labute approximate surface area is 298 Å². The predicted molar refractivity (Wildman–Crippen MR) is 202 cm³/mol. The molecule has 0 aliphatic carbocycles. The van der Waals surface area contributed by atoms with Gasteiger partial charge in [-0.05, 0) is 128 Å². The van der Waals surface area contributed by atoms with Crippen LogP contribution >= 0.6 is 0 Å². The number of Topliss-reactive ketones (excluding diaryl/α,β-unsaturated/α-hetero) is 2. The highest BCUT2D eigenvalue weighted by atomic mass is 16.6. The van der Waals surface area contributed by atoms with Crippen LogP contribution in [0.1, 0.15) is 166 Å². The van der Waals surface area contributed by atoms with Crippen LogP contribution in [0.4, 0.5) is 0 Å². The third-order valence-corrected chi connectivity index (χ3v) is 5.88. The molecule has 0 amide bonds. The van der Waals surface area contributed by atoms with E-state index in [1.54, 1.807) is 24.3 Å². The molecule has 0 heterocycles. The summed E-state index contributed by atoms with van der Waals surface area (Å²) in [5, 5.41) is 0. The molecule has 0 saturated heterocycles. The molecule has 2 rings (SSSR count). The Morgan fingerprint density at radius 2 is 0.633 bits per heavy atom. The van der Waals surface area contributed by atoms with E-state index in [0.29, 0.717) is 39.9 Å². The van der Waals surface area contributed by atoms with Gasteiger partial charge in [0.15, 0.2) is 23.1 Å². The van der Waals surface area contributed by atoms with Gasteiger partial charge in [-0.2, -0.15) is 0 Å². The fourth-order valence-electron chi connectivity index (χ4n) is 4.32. The molecule has 0 atom stereocenters. The van der Waals surface area contributed by atoms with Gasteiger partial charge in [-0.25, -0.2) is 0 Å². The molecule has 49 heavy (non-hydrogen) atoms. The Morgan fingerprint density at radius 1 is 0.367 bits per heavy atom. The molecule has 0 bridgehead atoms. The zero-order valence-electron chi connectivity index (χ0n) is 34.7. The summed E-state index contributed by atoms with van der Waals surface area (Å²) in [4.78, 5) is 25.5. The van der Waals surface area contributed by atoms with Gasteiger partial charge in [-0.15, -0.1) is 0 Å². The quantitative estimate of drug-likeness (QED) is 0.268. The highest BCUT2D eigenvalue weighted by Crippen LogP contribution is 2.44. The Balaban J connectivity index is 0.000000500. The highest BCUT2D eigenvalue weighted by Gasteiger charge is 2.31. The predicted octanol–water partition coefficient (Wildman–Crippen LogP) is 11.7. The van der Waals surface area contributed by atoms with E-state index in [-0.39, 0.29) is 22.8 Å². The highest BCUT2D eigenvalue weighted by molar-refractivity contribution is 6.01. The first-order chi connectivity index (χ1) is 21.5. The maximum Gasteiger partial charge on any atom is 0.204 e. The van der Waals surface area contributed by atoms with E-state index in [9.17, 15) is 9.59 Å². The lowest BCUT2D eigenvalue weighted by Gasteiger charge is -2.31. The molecule has 0 aliphatic rings. The van der Waals surface area contributed by atoms with Crippen LogP contribution in [-0.2, 0) is 0 Å². The lowest BCUT2D eigenvalue weighted by molar-refractivity contribution is 0.0761. The largest absolute Gasteiger partial charge is 0.488 e. The van der Waals surface area contributed by atoms with Gasteiger partial charge in [0.05, 0.1) is 0 Å². The number of ketones is 2. The van der Waals surface area contributed by atoms with Gasteiger partial charge in [-0.1, -0.05) is 41.5 Å². The second-order valence-corrected chi connectivity index (χ2v) is 19.7. The van der Waals surface area contributed by atoms with Crippen LogP contribution in [0.15, 0.2) is 30.3 Å². The number of ether oxygens (including phenoxy) is 5. The zero-order chi connectivity index (χ0) is 38.8. The van der Waals surface area contributed by atoms with Gasteiger partial charge in [-0.3, -0.25) is 9.59 Å².